The Balaban J connectivity index is 2.07. The minimum Gasteiger partial charge on any atom is -0.429 e. The highest BCUT2D eigenvalue weighted by Crippen LogP contribution is 2.33. The van der Waals surface area contributed by atoms with Crippen molar-refractivity contribution in [2.75, 3.05) is 0 Å². The molecule has 24 heavy (non-hydrogen) atoms. The Bertz CT molecular complexity index is 648. The summed E-state index contributed by atoms with van der Waals surface area (Å²) in [5.74, 6) is -0.783. The summed E-state index contributed by atoms with van der Waals surface area (Å²) in [6.07, 6.45) is -6.75. The number of halogens is 5. The molecule has 0 aliphatic carbocycles. The first kappa shape index (κ1) is 18.0. The monoisotopic (exact) mass is 346 g/mol. The molecule has 0 atom stereocenters. The summed E-state index contributed by atoms with van der Waals surface area (Å²) in [4.78, 5) is 0. The molecule has 0 N–H and O–H groups in total. The van der Waals surface area contributed by atoms with Crippen LogP contribution in [0.1, 0.15) is 24.5 Å². The van der Waals surface area contributed by atoms with Gasteiger partial charge in [0.15, 0.2) is 0 Å². The van der Waals surface area contributed by atoms with E-state index in [9.17, 15) is 22.0 Å². The van der Waals surface area contributed by atoms with Gasteiger partial charge in [-0.2, -0.15) is 8.78 Å². The highest BCUT2D eigenvalue weighted by atomic mass is 19.4. The maximum Gasteiger partial charge on any atom is 0.573 e. The minimum atomic E-state index is -4.84. The van der Waals surface area contributed by atoms with Crippen LogP contribution in [-0.4, -0.2) is 6.36 Å². The average molecular weight is 346 g/mol. The highest BCUT2D eigenvalue weighted by Gasteiger charge is 2.35. The summed E-state index contributed by atoms with van der Waals surface area (Å²) < 4.78 is 72.6. The van der Waals surface area contributed by atoms with Gasteiger partial charge in [0.05, 0.1) is 5.56 Å². The molecule has 0 fully saturated rings. The maximum absolute atomic E-state index is 14.1. The van der Waals surface area contributed by atoms with Crippen LogP contribution in [0.5, 0.6) is 11.5 Å². The minimum absolute atomic E-state index is 0.271. The molecule has 0 aliphatic heterocycles. The Morgan fingerprint density at radius 1 is 0.750 bits per heavy atom. The van der Waals surface area contributed by atoms with E-state index in [2.05, 4.69) is 9.47 Å². The van der Waals surface area contributed by atoms with Crippen molar-refractivity contribution in [1.29, 1.82) is 0 Å². The molecule has 2 nitrogen and oxygen atoms in total. The zero-order valence-corrected chi connectivity index (χ0v) is 12.7. The summed E-state index contributed by atoms with van der Waals surface area (Å²) in [7, 11) is 0. The second-order valence-electron chi connectivity index (χ2n) is 5.08. The Hall–Kier alpha value is -2.31. The molecule has 7 heteroatoms. The van der Waals surface area contributed by atoms with Crippen LogP contribution in [0.15, 0.2) is 48.5 Å². The van der Waals surface area contributed by atoms with Crippen molar-refractivity contribution < 1.29 is 31.4 Å². The molecule has 2 rings (SSSR count). The van der Waals surface area contributed by atoms with Crippen molar-refractivity contribution in [1.82, 2.24) is 0 Å². The quantitative estimate of drug-likeness (QED) is 0.628. The van der Waals surface area contributed by atoms with Gasteiger partial charge in [-0.25, -0.2) is 0 Å². The van der Waals surface area contributed by atoms with Crippen molar-refractivity contribution in [3.63, 3.8) is 0 Å². The first-order valence-electron chi connectivity index (χ1n) is 7.21. The molecular formula is C17H15F5O2. The Kier molecular flexibility index (Phi) is 5.31. The van der Waals surface area contributed by atoms with Gasteiger partial charge in [0.25, 0.3) is 0 Å². The molecule has 0 bridgehead atoms. The van der Waals surface area contributed by atoms with E-state index in [4.69, 9.17) is 0 Å². The Morgan fingerprint density at radius 3 is 1.71 bits per heavy atom. The fraction of sp³-hybridized carbons (Fsp3) is 0.294. The molecule has 0 saturated carbocycles. The van der Waals surface area contributed by atoms with Crippen LogP contribution in [0, 0.1) is 0 Å². The molecule has 130 valence electrons. The Labute approximate surface area is 135 Å². The molecule has 0 aromatic heterocycles. The number of aryl methyl sites for hydroxylation is 1. The third kappa shape index (κ3) is 5.11. The normalized spacial score (nSPS) is 12.1. The van der Waals surface area contributed by atoms with Gasteiger partial charge in [0.2, 0.25) is 0 Å². The van der Waals surface area contributed by atoms with Gasteiger partial charge < -0.3 is 9.47 Å². The van der Waals surface area contributed by atoms with E-state index in [1.807, 2.05) is 6.92 Å². The van der Waals surface area contributed by atoms with Crippen LogP contribution in [-0.2, 0) is 12.5 Å². The fourth-order valence-corrected chi connectivity index (χ4v) is 2.07. The smallest absolute Gasteiger partial charge is 0.429 e. The number of ether oxygens (including phenoxy) is 2. The zero-order valence-electron chi connectivity index (χ0n) is 12.7. The van der Waals surface area contributed by atoms with Crippen molar-refractivity contribution in [2.45, 2.75) is 32.2 Å². The van der Waals surface area contributed by atoms with Gasteiger partial charge in [-0.1, -0.05) is 25.5 Å². The summed E-state index contributed by atoms with van der Waals surface area (Å²) in [6, 6.07) is 9.51. The van der Waals surface area contributed by atoms with E-state index in [0.717, 1.165) is 42.7 Å². The summed E-state index contributed by atoms with van der Waals surface area (Å²) in [6.45, 7) is 1.98. The second kappa shape index (κ2) is 7.07. The average Bonchev–Trinajstić information content (AvgIpc) is 2.48. The predicted octanol–water partition coefficient (Wildman–Crippen LogP) is 5.67. The molecule has 2 aromatic rings. The van der Waals surface area contributed by atoms with E-state index in [0.29, 0.717) is 0 Å². The van der Waals surface area contributed by atoms with Gasteiger partial charge >= 0.3 is 12.5 Å². The van der Waals surface area contributed by atoms with Gasteiger partial charge in [0, 0.05) is 0 Å². The van der Waals surface area contributed by atoms with Crippen LogP contribution in [0.4, 0.5) is 22.0 Å². The van der Waals surface area contributed by atoms with Gasteiger partial charge in [-0.3, -0.25) is 0 Å². The van der Waals surface area contributed by atoms with E-state index < -0.39 is 18.2 Å². The van der Waals surface area contributed by atoms with Gasteiger partial charge in [-0.15, -0.1) is 13.2 Å². The number of hydrogen-bond acceptors (Lipinski definition) is 2. The van der Waals surface area contributed by atoms with Crippen LogP contribution < -0.4 is 9.47 Å². The van der Waals surface area contributed by atoms with Gasteiger partial charge in [0.1, 0.15) is 11.5 Å². The van der Waals surface area contributed by atoms with Crippen LogP contribution in [0.25, 0.3) is 0 Å². The number of benzene rings is 2. The molecule has 2 aromatic carbocycles. The lowest BCUT2D eigenvalue weighted by Gasteiger charge is -2.19. The van der Waals surface area contributed by atoms with E-state index >= 15 is 0 Å². The SMILES string of the molecule is CCCc1ccc(C(F)(F)Oc2ccc(OC(F)(F)F)cc2)cc1. The van der Waals surface area contributed by atoms with Crippen LogP contribution in [0.3, 0.4) is 0 Å². The lowest BCUT2D eigenvalue weighted by molar-refractivity contribution is -0.274. The summed E-state index contributed by atoms with van der Waals surface area (Å²) in [5.41, 5.74) is 0.601. The highest BCUT2D eigenvalue weighted by molar-refractivity contribution is 5.33. The fourth-order valence-electron chi connectivity index (χ4n) is 2.07. The first-order valence-corrected chi connectivity index (χ1v) is 7.21. The molecule has 0 unspecified atom stereocenters. The zero-order chi connectivity index (χ0) is 17.8. The van der Waals surface area contributed by atoms with Crippen molar-refractivity contribution in [3.8, 4) is 11.5 Å². The third-order valence-electron chi connectivity index (χ3n) is 3.13. The topological polar surface area (TPSA) is 18.5 Å². The number of hydrogen-bond donors (Lipinski definition) is 0. The van der Waals surface area contributed by atoms with Crippen molar-refractivity contribution in [3.05, 3.63) is 59.7 Å². The molecule has 0 heterocycles. The molecule has 0 radical (unpaired) electrons. The largest absolute Gasteiger partial charge is 0.573 e. The van der Waals surface area contributed by atoms with E-state index in [-0.39, 0.29) is 11.3 Å². The van der Waals surface area contributed by atoms with Crippen molar-refractivity contribution >= 4 is 0 Å². The van der Waals surface area contributed by atoms with Crippen molar-refractivity contribution in [2.24, 2.45) is 0 Å². The molecule has 0 saturated heterocycles. The predicted molar refractivity (Wildman–Crippen MR) is 78.1 cm³/mol. The van der Waals surface area contributed by atoms with Crippen LogP contribution in [0.2, 0.25) is 0 Å². The molecular weight excluding hydrogens is 331 g/mol. The first-order chi connectivity index (χ1) is 11.2. The third-order valence-corrected chi connectivity index (χ3v) is 3.13. The lowest BCUT2D eigenvalue weighted by atomic mass is 10.1. The van der Waals surface area contributed by atoms with Crippen LogP contribution >= 0.6 is 0 Å². The van der Waals surface area contributed by atoms with E-state index in [1.165, 1.54) is 12.1 Å². The summed E-state index contributed by atoms with van der Waals surface area (Å²) in [5, 5.41) is 0. The number of alkyl halides is 5. The van der Waals surface area contributed by atoms with E-state index in [1.54, 1.807) is 12.1 Å². The molecule has 0 amide bonds. The maximum atomic E-state index is 14.1. The molecule has 0 aliphatic rings. The standard InChI is InChI=1S/C17H15F5O2/c1-2-3-12-4-6-13(7-5-12)16(18,19)23-14-8-10-15(11-9-14)24-17(20,21)22/h4-11H,2-3H2,1H3. The lowest BCUT2D eigenvalue weighted by Crippen LogP contribution is -2.22. The van der Waals surface area contributed by atoms with Gasteiger partial charge in [-0.05, 0) is 48.4 Å². The molecule has 0 spiro atoms. The second-order valence-corrected chi connectivity index (χ2v) is 5.08. The Morgan fingerprint density at radius 2 is 1.25 bits per heavy atom. The summed E-state index contributed by atoms with van der Waals surface area (Å²) >= 11 is 0. The number of rotatable bonds is 6.